The molecule has 1 fully saturated rings. The van der Waals surface area contributed by atoms with Crippen LogP contribution in [0.25, 0.3) is 0 Å². The lowest BCUT2D eigenvalue weighted by Gasteiger charge is -2.27. The summed E-state index contributed by atoms with van der Waals surface area (Å²) in [6.07, 6.45) is 2.39. The van der Waals surface area contributed by atoms with Gasteiger partial charge in [0.15, 0.2) is 0 Å². The van der Waals surface area contributed by atoms with Crippen molar-refractivity contribution < 1.29 is 14.3 Å². The maximum absolute atomic E-state index is 13.0. The van der Waals surface area contributed by atoms with Gasteiger partial charge in [-0.1, -0.05) is 24.3 Å². The van der Waals surface area contributed by atoms with E-state index in [0.29, 0.717) is 6.42 Å². The highest BCUT2D eigenvalue weighted by atomic mass is 16.5. The van der Waals surface area contributed by atoms with Crippen LogP contribution < -0.4 is 9.47 Å². The Balaban J connectivity index is 1.85. The first kappa shape index (κ1) is 17.3. The van der Waals surface area contributed by atoms with Crippen LogP contribution in [0, 0.1) is 6.92 Å². The Hall–Kier alpha value is -2.49. The Morgan fingerprint density at radius 3 is 2.68 bits per heavy atom. The third kappa shape index (κ3) is 3.63. The lowest BCUT2D eigenvalue weighted by molar-refractivity contribution is -0.131. The van der Waals surface area contributed by atoms with Gasteiger partial charge in [0.25, 0.3) is 0 Å². The number of rotatable bonds is 5. The fourth-order valence-corrected chi connectivity index (χ4v) is 3.56. The number of ether oxygens (including phenoxy) is 2. The summed E-state index contributed by atoms with van der Waals surface area (Å²) >= 11 is 0. The van der Waals surface area contributed by atoms with E-state index >= 15 is 0 Å². The fraction of sp³-hybridized carbons (Fsp3) is 0.381. The van der Waals surface area contributed by atoms with E-state index in [1.54, 1.807) is 14.2 Å². The maximum atomic E-state index is 13.0. The van der Waals surface area contributed by atoms with Crippen LogP contribution in [0.5, 0.6) is 11.5 Å². The van der Waals surface area contributed by atoms with Gasteiger partial charge < -0.3 is 14.4 Å². The van der Waals surface area contributed by atoms with E-state index in [1.165, 1.54) is 0 Å². The minimum Gasteiger partial charge on any atom is -0.497 e. The van der Waals surface area contributed by atoms with Gasteiger partial charge in [0.1, 0.15) is 11.5 Å². The zero-order valence-electron chi connectivity index (χ0n) is 15.1. The molecular formula is C21H25NO3. The molecule has 0 spiro atoms. The molecule has 2 aromatic rings. The normalized spacial score (nSPS) is 16.8. The lowest BCUT2D eigenvalue weighted by atomic mass is 10.0. The van der Waals surface area contributed by atoms with Gasteiger partial charge in [0.05, 0.1) is 26.7 Å². The quantitative estimate of drug-likeness (QED) is 0.829. The molecular weight excluding hydrogens is 314 g/mol. The number of nitrogens with zero attached hydrogens (tertiary/aromatic N) is 1. The summed E-state index contributed by atoms with van der Waals surface area (Å²) in [7, 11) is 3.32. The van der Waals surface area contributed by atoms with Crippen LogP contribution in [0.15, 0.2) is 42.5 Å². The minimum atomic E-state index is 0.0431. The molecule has 4 heteroatoms. The molecule has 3 rings (SSSR count). The van der Waals surface area contributed by atoms with E-state index in [4.69, 9.17) is 9.47 Å². The van der Waals surface area contributed by atoms with Crippen molar-refractivity contribution in [3.63, 3.8) is 0 Å². The molecule has 0 saturated carbocycles. The predicted octanol–water partition coefficient (Wildman–Crippen LogP) is 3.92. The summed E-state index contributed by atoms with van der Waals surface area (Å²) in [6.45, 7) is 2.84. The first-order chi connectivity index (χ1) is 12.1. The molecule has 132 valence electrons. The molecule has 1 unspecified atom stereocenters. The average Bonchev–Trinajstić information content (AvgIpc) is 3.12. The number of methoxy groups -OCH3 is 2. The Bertz CT molecular complexity index is 757. The monoisotopic (exact) mass is 339 g/mol. The molecule has 0 aliphatic carbocycles. The summed E-state index contributed by atoms with van der Waals surface area (Å²) in [4.78, 5) is 14.9. The highest BCUT2D eigenvalue weighted by Crippen LogP contribution is 2.39. The van der Waals surface area contributed by atoms with Crippen LogP contribution in [-0.2, 0) is 11.2 Å². The topological polar surface area (TPSA) is 38.8 Å². The van der Waals surface area contributed by atoms with E-state index < -0.39 is 0 Å². The second-order valence-electron chi connectivity index (χ2n) is 6.46. The molecule has 1 aliphatic heterocycles. The van der Waals surface area contributed by atoms with Crippen LogP contribution in [0.2, 0.25) is 0 Å². The van der Waals surface area contributed by atoms with E-state index in [2.05, 4.69) is 13.0 Å². The highest BCUT2D eigenvalue weighted by molar-refractivity contribution is 5.80. The van der Waals surface area contributed by atoms with Crippen LogP contribution in [0.4, 0.5) is 0 Å². The number of benzene rings is 2. The fourth-order valence-electron chi connectivity index (χ4n) is 3.56. The summed E-state index contributed by atoms with van der Waals surface area (Å²) in [5, 5.41) is 0. The number of hydrogen-bond donors (Lipinski definition) is 0. The van der Waals surface area contributed by atoms with Gasteiger partial charge >= 0.3 is 0 Å². The number of carbonyl (C=O) groups is 1. The molecule has 1 aliphatic rings. The summed E-state index contributed by atoms with van der Waals surface area (Å²) in [6, 6.07) is 13.9. The Morgan fingerprint density at radius 2 is 1.96 bits per heavy atom. The highest BCUT2D eigenvalue weighted by Gasteiger charge is 2.32. The Kier molecular flexibility index (Phi) is 5.27. The van der Waals surface area contributed by atoms with E-state index in [-0.39, 0.29) is 11.9 Å². The summed E-state index contributed by atoms with van der Waals surface area (Å²) in [5.74, 6) is 1.76. The van der Waals surface area contributed by atoms with E-state index in [9.17, 15) is 4.79 Å². The van der Waals surface area contributed by atoms with Crippen molar-refractivity contribution in [2.75, 3.05) is 20.8 Å². The number of amides is 1. The smallest absolute Gasteiger partial charge is 0.227 e. The van der Waals surface area contributed by atoms with Gasteiger partial charge in [0.2, 0.25) is 5.91 Å². The van der Waals surface area contributed by atoms with E-state index in [0.717, 1.165) is 47.6 Å². The number of aryl methyl sites for hydroxylation is 1. The summed E-state index contributed by atoms with van der Waals surface area (Å²) < 4.78 is 10.9. The first-order valence-electron chi connectivity index (χ1n) is 8.70. The molecule has 2 aromatic carbocycles. The zero-order valence-corrected chi connectivity index (χ0v) is 15.1. The molecule has 0 radical (unpaired) electrons. The van der Waals surface area contributed by atoms with Gasteiger partial charge in [-0.25, -0.2) is 0 Å². The molecule has 0 N–H and O–H groups in total. The maximum Gasteiger partial charge on any atom is 0.227 e. The van der Waals surface area contributed by atoms with Crippen molar-refractivity contribution in [3.8, 4) is 11.5 Å². The molecule has 25 heavy (non-hydrogen) atoms. The van der Waals surface area contributed by atoms with Crippen molar-refractivity contribution in [2.45, 2.75) is 32.2 Å². The number of carbonyl (C=O) groups excluding carboxylic acids is 1. The van der Waals surface area contributed by atoms with Gasteiger partial charge in [-0.15, -0.1) is 0 Å². The zero-order chi connectivity index (χ0) is 17.8. The third-order valence-corrected chi connectivity index (χ3v) is 4.97. The van der Waals surface area contributed by atoms with Gasteiger partial charge in [0, 0.05) is 12.1 Å². The largest absolute Gasteiger partial charge is 0.497 e. The standard InChI is InChI=1S/C21H25NO3/c1-15-7-4-5-8-16(15)13-21(23)22-12-6-9-19(22)18-14-17(24-2)10-11-20(18)25-3/h4-5,7-8,10-11,14,19H,6,9,12-13H2,1-3H3. The third-order valence-electron chi connectivity index (χ3n) is 4.97. The molecule has 1 saturated heterocycles. The lowest BCUT2D eigenvalue weighted by Crippen LogP contribution is -2.32. The SMILES string of the molecule is COc1ccc(OC)c(C2CCCN2C(=O)Cc2ccccc2C)c1. The summed E-state index contributed by atoms with van der Waals surface area (Å²) in [5.41, 5.74) is 3.28. The van der Waals surface area contributed by atoms with Crippen LogP contribution in [-0.4, -0.2) is 31.6 Å². The predicted molar refractivity (Wildman–Crippen MR) is 98.1 cm³/mol. The average molecular weight is 339 g/mol. The Morgan fingerprint density at radius 1 is 1.16 bits per heavy atom. The van der Waals surface area contributed by atoms with Crippen molar-refractivity contribution in [1.82, 2.24) is 4.90 Å². The molecule has 1 amide bonds. The van der Waals surface area contributed by atoms with Crippen LogP contribution >= 0.6 is 0 Å². The van der Waals surface area contributed by atoms with Crippen molar-refractivity contribution >= 4 is 5.91 Å². The minimum absolute atomic E-state index is 0.0431. The van der Waals surface area contributed by atoms with Crippen molar-refractivity contribution in [2.24, 2.45) is 0 Å². The molecule has 0 bridgehead atoms. The second-order valence-corrected chi connectivity index (χ2v) is 6.46. The van der Waals surface area contributed by atoms with Crippen molar-refractivity contribution in [3.05, 3.63) is 59.2 Å². The van der Waals surface area contributed by atoms with Crippen LogP contribution in [0.1, 0.15) is 35.6 Å². The first-order valence-corrected chi connectivity index (χ1v) is 8.70. The molecule has 0 aromatic heterocycles. The molecule has 4 nitrogen and oxygen atoms in total. The molecule has 1 heterocycles. The van der Waals surface area contributed by atoms with Gasteiger partial charge in [-0.05, 0) is 49.1 Å². The number of likely N-dealkylation sites (tertiary alicyclic amines) is 1. The van der Waals surface area contributed by atoms with Crippen molar-refractivity contribution in [1.29, 1.82) is 0 Å². The second kappa shape index (κ2) is 7.60. The van der Waals surface area contributed by atoms with Gasteiger partial charge in [-0.3, -0.25) is 4.79 Å². The Labute approximate surface area is 149 Å². The number of hydrogen-bond acceptors (Lipinski definition) is 3. The van der Waals surface area contributed by atoms with Gasteiger partial charge in [-0.2, -0.15) is 0 Å². The van der Waals surface area contributed by atoms with Crippen LogP contribution in [0.3, 0.4) is 0 Å². The molecule has 1 atom stereocenters. The van der Waals surface area contributed by atoms with E-state index in [1.807, 2.05) is 41.3 Å².